The summed E-state index contributed by atoms with van der Waals surface area (Å²) in [4.78, 5) is 9.49. The van der Waals surface area contributed by atoms with E-state index in [2.05, 4.69) is 6.58 Å². The van der Waals surface area contributed by atoms with Crippen LogP contribution in [0.4, 0.5) is 0 Å². The fourth-order valence-electron chi connectivity index (χ4n) is 0.661. The van der Waals surface area contributed by atoms with Crippen molar-refractivity contribution in [1.82, 2.24) is 0 Å². The van der Waals surface area contributed by atoms with Gasteiger partial charge in [0, 0.05) is 0 Å². The fraction of sp³-hybridized carbons (Fsp3) is 0.769. The molecule has 0 aliphatic rings. The molecule has 0 heterocycles. The summed E-state index contributed by atoms with van der Waals surface area (Å²) < 4.78 is 16.8. The van der Waals surface area contributed by atoms with Crippen molar-refractivity contribution in [3.63, 3.8) is 0 Å². The summed E-state index contributed by atoms with van der Waals surface area (Å²) in [5, 5.41) is 9.49. The summed E-state index contributed by atoms with van der Waals surface area (Å²) in [5.41, 5.74) is 0.0648. The Morgan fingerprint density at radius 1 is 0.947 bits per heavy atom. The van der Waals surface area contributed by atoms with Gasteiger partial charge in [-0.05, 0) is 12.5 Å². The quantitative estimate of drug-likeness (QED) is 0.531. The predicted molar refractivity (Wildman–Crippen MR) is 68.5 cm³/mol. The van der Waals surface area contributed by atoms with Crippen molar-refractivity contribution >= 4 is 5.97 Å². The van der Waals surface area contributed by atoms with Gasteiger partial charge in [0.05, 0.1) is 5.97 Å². The number of carbonyl (C=O) groups is 1. The van der Waals surface area contributed by atoms with E-state index in [1.165, 1.54) is 6.92 Å². The van der Waals surface area contributed by atoms with Crippen molar-refractivity contribution in [3.05, 3.63) is 12.2 Å². The number of aliphatic carboxylic acids is 1. The molecule has 0 saturated heterocycles. The van der Waals surface area contributed by atoms with Gasteiger partial charge in [-0.3, -0.25) is 0 Å². The predicted octanol–water partition coefficient (Wildman–Crippen LogP) is 1.94. The number of hydrogen-bond acceptors (Lipinski definition) is 5. The van der Waals surface area contributed by atoms with Crippen LogP contribution >= 0.6 is 0 Å². The molecule has 19 heavy (non-hydrogen) atoms. The molecule has 0 fully saturated rings. The molecule has 0 aliphatic carbocycles. The van der Waals surface area contributed by atoms with E-state index < -0.39 is 25.0 Å². The van der Waals surface area contributed by atoms with Crippen molar-refractivity contribution in [2.45, 2.75) is 66.8 Å². The first-order valence-electron chi connectivity index (χ1n) is 6.30. The summed E-state index contributed by atoms with van der Waals surface area (Å²) in [7, 11) is 0. The van der Waals surface area contributed by atoms with Crippen LogP contribution in [0.5, 0.6) is 0 Å². The Kier molecular flexibility index (Phi) is 12.9. The fourth-order valence-corrected chi connectivity index (χ4v) is 2.72. The molecule has 6 heteroatoms. The Labute approximate surface area is 124 Å². The number of carboxylic acid groups (broad SMARTS) is 1. The molecule has 0 bridgehead atoms. The van der Waals surface area contributed by atoms with E-state index in [9.17, 15) is 9.90 Å². The van der Waals surface area contributed by atoms with E-state index in [-0.39, 0.29) is 23.9 Å². The van der Waals surface area contributed by atoms with Crippen LogP contribution in [0.3, 0.4) is 0 Å². The number of carboxylic acids is 1. The van der Waals surface area contributed by atoms with Crippen LogP contribution in [0.15, 0.2) is 12.2 Å². The van der Waals surface area contributed by atoms with Crippen molar-refractivity contribution in [3.8, 4) is 0 Å². The maximum absolute atomic E-state index is 9.49. The van der Waals surface area contributed by atoms with Crippen LogP contribution in [0.1, 0.15) is 48.5 Å². The normalized spacial score (nSPS) is 10.4. The van der Waals surface area contributed by atoms with E-state index in [1.807, 2.05) is 41.5 Å². The van der Waals surface area contributed by atoms with Crippen molar-refractivity contribution < 1.29 is 38.9 Å². The third-order valence-electron chi connectivity index (χ3n) is 1.34. The molecule has 0 radical (unpaired) electrons. The Bertz CT molecular complexity index is 228. The van der Waals surface area contributed by atoms with Crippen molar-refractivity contribution in [2.24, 2.45) is 0 Å². The van der Waals surface area contributed by atoms with Crippen molar-refractivity contribution in [2.75, 3.05) is 0 Å². The van der Waals surface area contributed by atoms with E-state index >= 15 is 0 Å². The molecular weight excluding hydrogens is 284 g/mol. The van der Waals surface area contributed by atoms with Crippen LogP contribution in [0.2, 0.25) is 0 Å². The molecule has 0 unspecified atom stereocenters. The topological polar surface area (TPSA) is 67.8 Å². The second kappa shape index (κ2) is 11.6. The molecule has 0 aliphatic heterocycles. The standard InChI is InChI=1S/C4H6O2.3C3H7O.Ti/c1-3(2)4(5)6;3*1-3(2)4;/h1H2,2H3,(H,5,6);3*3H,1-2H3;/q;3*-1;+4/p-1. The van der Waals surface area contributed by atoms with E-state index in [4.69, 9.17) is 9.96 Å². The van der Waals surface area contributed by atoms with Crippen LogP contribution in [0.25, 0.3) is 0 Å². The van der Waals surface area contributed by atoms with Crippen LogP contribution in [-0.2, 0) is 33.8 Å². The third-order valence-corrected chi connectivity index (χ3v) is 4.45. The molecule has 0 amide bonds. The Morgan fingerprint density at radius 3 is 1.26 bits per heavy atom. The number of rotatable bonds is 7. The SMILES string of the molecule is C=C(C)C(=O)[O-].CC(C)[O][Ti+]([O]C(C)C)[O]C(C)C. The van der Waals surface area contributed by atoms with Gasteiger partial charge in [-0.25, -0.2) is 0 Å². The zero-order valence-electron chi connectivity index (χ0n) is 13.0. The average molecular weight is 310 g/mol. The minimum atomic E-state index is -2.18. The van der Waals surface area contributed by atoms with Crippen LogP contribution < -0.4 is 5.11 Å². The van der Waals surface area contributed by atoms with E-state index in [0.717, 1.165) is 0 Å². The summed E-state index contributed by atoms with van der Waals surface area (Å²) in [6, 6.07) is 0. The zero-order chi connectivity index (χ0) is 15.6. The van der Waals surface area contributed by atoms with Gasteiger partial charge >= 0.3 is 88.8 Å². The van der Waals surface area contributed by atoms with Gasteiger partial charge in [-0.1, -0.05) is 6.58 Å². The van der Waals surface area contributed by atoms with Gasteiger partial charge in [-0.15, -0.1) is 0 Å². The Morgan fingerprint density at radius 2 is 1.16 bits per heavy atom. The van der Waals surface area contributed by atoms with Crippen LogP contribution in [-0.4, -0.2) is 24.3 Å². The third kappa shape index (κ3) is 17.8. The summed E-state index contributed by atoms with van der Waals surface area (Å²) in [6.45, 7) is 16.5. The van der Waals surface area contributed by atoms with Gasteiger partial charge < -0.3 is 9.90 Å². The van der Waals surface area contributed by atoms with Crippen LogP contribution in [0, 0.1) is 0 Å². The first-order valence-corrected chi connectivity index (χ1v) is 8.21. The van der Waals surface area contributed by atoms with Gasteiger partial charge in [-0.2, -0.15) is 0 Å². The number of hydrogen-bond donors (Lipinski definition) is 0. The first-order chi connectivity index (χ1) is 8.56. The molecule has 112 valence electrons. The van der Waals surface area contributed by atoms with Gasteiger partial charge in [0.15, 0.2) is 0 Å². The summed E-state index contributed by atoms with van der Waals surface area (Å²) >= 11 is -2.18. The molecule has 0 saturated carbocycles. The molecular formula is C13H26O5Ti. The monoisotopic (exact) mass is 310 g/mol. The van der Waals surface area contributed by atoms with E-state index in [0.29, 0.717) is 0 Å². The second-order valence-corrected chi connectivity index (χ2v) is 6.70. The summed E-state index contributed by atoms with van der Waals surface area (Å²) in [5.74, 6) is -1.19. The van der Waals surface area contributed by atoms with Gasteiger partial charge in [0.1, 0.15) is 0 Å². The van der Waals surface area contributed by atoms with E-state index in [1.54, 1.807) is 0 Å². The average Bonchev–Trinajstić information content (AvgIpc) is 2.14. The molecule has 0 aromatic rings. The Hall–Kier alpha value is -0.196. The molecule has 0 atom stereocenters. The molecule has 0 N–H and O–H groups in total. The zero-order valence-corrected chi connectivity index (χ0v) is 14.5. The molecule has 0 aromatic heterocycles. The van der Waals surface area contributed by atoms with Gasteiger partial charge in [0.25, 0.3) is 0 Å². The first kappa shape index (κ1) is 21.1. The van der Waals surface area contributed by atoms with Crippen molar-refractivity contribution in [1.29, 1.82) is 0 Å². The minimum absolute atomic E-state index is 0.0648. The molecule has 5 nitrogen and oxygen atoms in total. The maximum atomic E-state index is 9.49. The number of carbonyl (C=O) groups excluding carboxylic acids is 1. The molecule has 0 spiro atoms. The molecule has 0 rings (SSSR count). The second-order valence-electron chi connectivity index (χ2n) is 4.82. The Balaban J connectivity index is 0. The molecule has 0 aromatic carbocycles. The summed E-state index contributed by atoms with van der Waals surface area (Å²) in [6.07, 6.45) is 0.562. The van der Waals surface area contributed by atoms with Gasteiger partial charge in [0.2, 0.25) is 0 Å².